The summed E-state index contributed by atoms with van der Waals surface area (Å²) in [6, 6.07) is 7.19. The summed E-state index contributed by atoms with van der Waals surface area (Å²) in [5.41, 5.74) is -1.99. The average Bonchev–Trinajstić information content (AvgIpc) is 2.95. The molecule has 1 aliphatic heterocycles. The van der Waals surface area contributed by atoms with E-state index in [0.717, 1.165) is 41.7 Å². The number of halogens is 4. The monoisotopic (exact) mass is 506 g/mol. The highest BCUT2D eigenvalue weighted by atomic mass is 35.5. The molecule has 2 aromatic carbocycles. The molecule has 1 saturated heterocycles. The van der Waals surface area contributed by atoms with Gasteiger partial charge in [-0.15, -0.1) is 23.5 Å². The molecule has 2 aromatic rings. The van der Waals surface area contributed by atoms with E-state index in [2.05, 4.69) is 0 Å². The van der Waals surface area contributed by atoms with E-state index in [1.807, 2.05) is 0 Å². The summed E-state index contributed by atoms with van der Waals surface area (Å²) in [6.45, 7) is 1.54. The molecule has 164 valence electrons. The molecule has 11 heteroatoms. The van der Waals surface area contributed by atoms with E-state index in [0.29, 0.717) is 4.90 Å². The van der Waals surface area contributed by atoms with Crippen LogP contribution >= 0.6 is 46.7 Å². The van der Waals surface area contributed by atoms with Gasteiger partial charge in [0.15, 0.2) is 0 Å². The number of carbonyl (C=O) groups is 3. The number of hydrogen-bond donors (Lipinski definition) is 0. The Morgan fingerprint density at radius 2 is 1.68 bits per heavy atom. The third-order valence-electron chi connectivity index (χ3n) is 4.23. The Kier molecular flexibility index (Phi) is 7.51. The Morgan fingerprint density at radius 3 is 2.23 bits per heavy atom. The van der Waals surface area contributed by atoms with Gasteiger partial charge >= 0.3 is 11.9 Å². The van der Waals surface area contributed by atoms with Gasteiger partial charge in [0.2, 0.25) is 5.60 Å². The smallest absolute Gasteiger partial charge is 0.377 e. The van der Waals surface area contributed by atoms with Crippen molar-refractivity contribution in [2.24, 2.45) is 0 Å². The van der Waals surface area contributed by atoms with Crippen LogP contribution in [0.25, 0.3) is 0 Å². The zero-order valence-electron chi connectivity index (χ0n) is 15.8. The molecule has 0 N–H and O–H groups in total. The van der Waals surface area contributed by atoms with Crippen LogP contribution in [-0.2, 0) is 23.9 Å². The van der Waals surface area contributed by atoms with Crippen molar-refractivity contribution in [1.82, 2.24) is 0 Å². The maximum absolute atomic E-state index is 13.4. The molecule has 0 amide bonds. The number of ketones is 1. The predicted molar refractivity (Wildman–Crippen MR) is 114 cm³/mol. The van der Waals surface area contributed by atoms with Crippen LogP contribution in [0.2, 0.25) is 10.0 Å². The van der Waals surface area contributed by atoms with Crippen molar-refractivity contribution in [2.45, 2.75) is 27.6 Å². The minimum atomic E-state index is -1.99. The predicted octanol–water partition coefficient (Wildman–Crippen LogP) is 4.95. The second-order valence-electron chi connectivity index (χ2n) is 6.30. The first-order valence-electron chi connectivity index (χ1n) is 8.82. The van der Waals surface area contributed by atoms with Gasteiger partial charge < -0.3 is 9.47 Å². The molecular weight excluding hydrogens is 493 g/mol. The van der Waals surface area contributed by atoms with E-state index in [9.17, 15) is 23.2 Å². The van der Waals surface area contributed by atoms with Gasteiger partial charge in [-0.3, -0.25) is 4.79 Å². The lowest BCUT2D eigenvalue weighted by Crippen LogP contribution is -2.50. The van der Waals surface area contributed by atoms with E-state index in [1.54, 1.807) is 6.92 Å². The fourth-order valence-electron chi connectivity index (χ4n) is 2.78. The normalized spacial score (nSPS) is 20.6. The maximum atomic E-state index is 13.4. The van der Waals surface area contributed by atoms with Crippen LogP contribution in [0, 0.1) is 11.6 Å². The molecule has 0 aromatic heterocycles. The van der Waals surface area contributed by atoms with Crippen LogP contribution in [0.1, 0.15) is 6.92 Å². The molecule has 3 rings (SSSR count). The van der Waals surface area contributed by atoms with Gasteiger partial charge in [0, 0.05) is 9.79 Å². The zero-order chi connectivity index (χ0) is 22.8. The second kappa shape index (κ2) is 9.77. The number of hydrogen-bond acceptors (Lipinski definition) is 7. The van der Waals surface area contributed by atoms with Crippen molar-refractivity contribution in [3.05, 3.63) is 58.1 Å². The average molecular weight is 507 g/mol. The Balaban J connectivity index is 1.98. The zero-order valence-corrected chi connectivity index (χ0v) is 19.0. The molecule has 0 aliphatic carbocycles. The molecule has 0 radical (unpaired) electrons. The Hall–Kier alpha value is -1.81. The van der Waals surface area contributed by atoms with Gasteiger partial charge in [0.05, 0.1) is 22.4 Å². The Morgan fingerprint density at radius 1 is 1.10 bits per heavy atom. The number of thioether (sulfide) groups is 2. The van der Waals surface area contributed by atoms with Gasteiger partial charge in [0.25, 0.3) is 5.78 Å². The molecule has 2 unspecified atom stereocenters. The number of Topliss-reactive ketones (excluding diaryl/α,β-unsaturated/α-hetero) is 1. The molecule has 0 saturated carbocycles. The second-order valence-corrected chi connectivity index (χ2v) is 9.28. The lowest BCUT2D eigenvalue weighted by molar-refractivity contribution is -0.171. The molecule has 0 bridgehead atoms. The minimum absolute atomic E-state index is 0.00383. The van der Waals surface area contributed by atoms with Gasteiger partial charge in [-0.2, -0.15) is 0 Å². The fraction of sp³-hybridized carbons (Fsp3) is 0.250. The van der Waals surface area contributed by atoms with Gasteiger partial charge in [-0.1, -0.05) is 23.2 Å². The summed E-state index contributed by atoms with van der Waals surface area (Å²) < 4.78 is 37.1. The summed E-state index contributed by atoms with van der Waals surface area (Å²) in [7, 11) is 0. The van der Waals surface area contributed by atoms with Crippen LogP contribution in [0.15, 0.2) is 46.2 Å². The first-order chi connectivity index (χ1) is 14.7. The van der Waals surface area contributed by atoms with Crippen LogP contribution in [-0.4, -0.2) is 40.9 Å². The third kappa shape index (κ3) is 5.00. The van der Waals surface area contributed by atoms with Crippen molar-refractivity contribution in [2.75, 3.05) is 12.4 Å². The van der Waals surface area contributed by atoms with Crippen molar-refractivity contribution in [3.63, 3.8) is 0 Å². The number of esters is 2. The highest BCUT2D eigenvalue weighted by Crippen LogP contribution is 2.44. The lowest BCUT2D eigenvalue weighted by Gasteiger charge is -2.29. The van der Waals surface area contributed by atoms with E-state index in [1.165, 1.54) is 18.2 Å². The number of rotatable bonds is 7. The van der Waals surface area contributed by atoms with Crippen LogP contribution in [0.3, 0.4) is 0 Å². The van der Waals surface area contributed by atoms with E-state index in [4.69, 9.17) is 32.7 Å². The topological polar surface area (TPSA) is 69.7 Å². The van der Waals surface area contributed by atoms with Gasteiger partial charge in [-0.05, 0) is 43.3 Å². The molecular formula is C20H14Cl2F2O5S2. The summed E-state index contributed by atoms with van der Waals surface area (Å²) >= 11 is 13.9. The van der Waals surface area contributed by atoms with E-state index < -0.39 is 40.2 Å². The third-order valence-corrected chi connectivity index (χ3v) is 7.76. The van der Waals surface area contributed by atoms with E-state index in [-0.39, 0.29) is 27.3 Å². The number of carbonyl (C=O) groups excluding carboxylic acids is 3. The van der Waals surface area contributed by atoms with Crippen molar-refractivity contribution < 1.29 is 32.6 Å². The number of ether oxygens (including phenoxy) is 2. The van der Waals surface area contributed by atoms with Gasteiger partial charge in [0.1, 0.15) is 16.9 Å². The molecule has 1 aliphatic rings. The van der Waals surface area contributed by atoms with Crippen molar-refractivity contribution >= 4 is 64.4 Å². The number of cyclic esters (lactones) is 1. The first kappa shape index (κ1) is 23.8. The molecule has 5 nitrogen and oxygen atoms in total. The highest BCUT2D eigenvalue weighted by molar-refractivity contribution is 8.01. The SMILES string of the molecule is CCOC(=O)C1(CSc2ccc(F)cc2Cl)OC(=O)C(=O)C1Sc1ccc(F)cc1Cl. The molecule has 0 spiro atoms. The number of benzene rings is 2. The Bertz CT molecular complexity index is 1050. The molecule has 1 fully saturated rings. The summed E-state index contributed by atoms with van der Waals surface area (Å²) in [5, 5.41) is -1.25. The summed E-state index contributed by atoms with van der Waals surface area (Å²) in [5.74, 6) is -4.44. The molecule has 2 atom stereocenters. The lowest BCUT2D eigenvalue weighted by atomic mass is 10.0. The van der Waals surface area contributed by atoms with Crippen LogP contribution in [0.4, 0.5) is 8.78 Å². The fourth-order valence-corrected chi connectivity index (χ4v) is 5.78. The van der Waals surface area contributed by atoms with Gasteiger partial charge in [-0.25, -0.2) is 18.4 Å². The van der Waals surface area contributed by atoms with Crippen molar-refractivity contribution in [1.29, 1.82) is 0 Å². The van der Waals surface area contributed by atoms with Crippen LogP contribution < -0.4 is 0 Å². The van der Waals surface area contributed by atoms with E-state index >= 15 is 0 Å². The summed E-state index contributed by atoms with van der Waals surface area (Å²) in [6.07, 6.45) is 0. The maximum Gasteiger partial charge on any atom is 0.377 e. The highest BCUT2D eigenvalue weighted by Gasteiger charge is 2.62. The molecule has 31 heavy (non-hydrogen) atoms. The van der Waals surface area contributed by atoms with Crippen molar-refractivity contribution in [3.8, 4) is 0 Å². The molecule has 1 heterocycles. The standard InChI is InChI=1S/C20H14Cl2F2O5S2/c1-2-28-19(27)20(9-30-14-5-3-10(23)7-12(14)21)17(16(25)18(26)29-20)31-15-6-4-11(24)8-13(15)22/h3-8,17H,2,9H2,1H3. The Labute approximate surface area is 194 Å². The largest absolute Gasteiger partial charge is 0.463 e. The minimum Gasteiger partial charge on any atom is -0.463 e. The summed E-state index contributed by atoms with van der Waals surface area (Å²) in [4.78, 5) is 38.4. The quantitative estimate of drug-likeness (QED) is 0.298. The van der Waals surface area contributed by atoms with Crippen LogP contribution in [0.5, 0.6) is 0 Å². The first-order valence-corrected chi connectivity index (χ1v) is 11.4.